The first kappa shape index (κ1) is 17.7. The third kappa shape index (κ3) is 29.2. The van der Waals surface area contributed by atoms with Crippen LogP contribution in [0.2, 0.25) is 0 Å². The second-order valence-corrected chi connectivity index (χ2v) is 4.40. The molecular weight excluding hydrogens is 232 g/mol. The highest BCUT2D eigenvalue weighted by atomic mass is 32.3. The lowest BCUT2D eigenvalue weighted by atomic mass is 10.1. The summed E-state index contributed by atoms with van der Waals surface area (Å²) in [6.07, 6.45) is 6.23. The van der Waals surface area contributed by atoms with Crippen LogP contribution in [-0.2, 0) is 10.4 Å². The van der Waals surface area contributed by atoms with Crippen molar-refractivity contribution in [1.82, 2.24) is 0 Å². The van der Waals surface area contributed by atoms with E-state index < -0.39 is 10.4 Å². The van der Waals surface area contributed by atoms with Crippen molar-refractivity contribution in [2.75, 3.05) is 6.61 Å². The van der Waals surface area contributed by atoms with Gasteiger partial charge in [0.2, 0.25) is 0 Å². The van der Waals surface area contributed by atoms with Gasteiger partial charge in [0.05, 0.1) is 6.61 Å². The largest absolute Gasteiger partial charge is 0.394 e. The molecule has 0 saturated carbocycles. The molecule has 16 heavy (non-hydrogen) atoms. The normalized spacial score (nSPS) is 11.5. The lowest BCUT2D eigenvalue weighted by Gasteiger charge is -1.96. The predicted molar refractivity (Wildman–Crippen MR) is 63.7 cm³/mol. The van der Waals surface area contributed by atoms with Crippen molar-refractivity contribution in [2.24, 2.45) is 0 Å². The topological polar surface area (TPSA) is 94.8 Å². The lowest BCUT2D eigenvalue weighted by molar-refractivity contribution is 0.341. The molecule has 0 bridgehead atoms. The molecule has 0 fully saturated rings. The standard InChI is InChI=1S/C10H18O.H2O4S/c1-9(2)5-4-6-10(3)7-8-11;1-5(2,3)4/h5,7,11H,4,6,8H2,1-3H3;(H2,1,2,3,4)/b10-7+;. The maximum atomic E-state index is 8.74. The minimum atomic E-state index is -4.67. The van der Waals surface area contributed by atoms with E-state index in [9.17, 15) is 0 Å². The van der Waals surface area contributed by atoms with E-state index >= 15 is 0 Å². The first-order chi connectivity index (χ1) is 7.16. The van der Waals surface area contributed by atoms with Crippen LogP contribution >= 0.6 is 0 Å². The summed E-state index contributed by atoms with van der Waals surface area (Å²) in [6, 6.07) is 0. The number of aliphatic hydroxyl groups is 1. The molecule has 0 rings (SSSR count). The van der Waals surface area contributed by atoms with Gasteiger partial charge in [-0.2, -0.15) is 8.42 Å². The number of allylic oxidation sites excluding steroid dienone is 3. The molecule has 5 nitrogen and oxygen atoms in total. The first-order valence-corrected chi connectivity index (χ1v) is 6.16. The molecule has 96 valence electrons. The molecule has 0 aromatic carbocycles. The summed E-state index contributed by atoms with van der Waals surface area (Å²) in [5.41, 5.74) is 2.63. The van der Waals surface area contributed by atoms with Crippen LogP contribution in [0.5, 0.6) is 0 Å². The summed E-state index contributed by atoms with van der Waals surface area (Å²) in [5, 5.41) is 8.55. The molecule has 0 heterocycles. The van der Waals surface area contributed by atoms with Crippen LogP contribution in [-0.4, -0.2) is 29.2 Å². The van der Waals surface area contributed by atoms with Crippen molar-refractivity contribution in [3.8, 4) is 0 Å². The molecular formula is C10H20O5S. The molecule has 0 saturated heterocycles. The van der Waals surface area contributed by atoms with Crippen molar-refractivity contribution < 1.29 is 22.6 Å². The van der Waals surface area contributed by atoms with Crippen LogP contribution in [0, 0.1) is 0 Å². The highest BCUT2D eigenvalue weighted by Crippen LogP contribution is 2.05. The molecule has 3 N–H and O–H groups in total. The van der Waals surface area contributed by atoms with Crippen LogP contribution in [0.3, 0.4) is 0 Å². The Kier molecular flexibility index (Phi) is 10.5. The van der Waals surface area contributed by atoms with Gasteiger partial charge in [-0.05, 0) is 33.6 Å². The molecule has 0 aliphatic rings. The van der Waals surface area contributed by atoms with Gasteiger partial charge in [-0.25, -0.2) is 0 Å². The fourth-order valence-corrected chi connectivity index (χ4v) is 0.846. The average molecular weight is 252 g/mol. The Balaban J connectivity index is 0. The summed E-state index contributed by atoms with van der Waals surface area (Å²) in [5.74, 6) is 0. The Morgan fingerprint density at radius 3 is 1.88 bits per heavy atom. The van der Waals surface area contributed by atoms with E-state index in [-0.39, 0.29) is 6.61 Å². The van der Waals surface area contributed by atoms with E-state index in [0.29, 0.717) is 0 Å². The Labute approximate surface area is 97.1 Å². The Morgan fingerprint density at radius 1 is 1.12 bits per heavy atom. The van der Waals surface area contributed by atoms with Crippen molar-refractivity contribution >= 4 is 10.4 Å². The minimum absolute atomic E-state index is 0.167. The Bertz CT molecular complexity index is 315. The summed E-state index contributed by atoms with van der Waals surface area (Å²) in [4.78, 5) is 0. The quantitative estimate of drug-likeness (QED) is 0.525. The van der Waals surface area contributed by atoms with Crippen molar-refractivity contribution in [3.05, 3.63) is 23.3 Å². The van der Waals surface area contributed by atoms with Gasteiger partial charge in [0.1, 0.15) is 0 Å². The molecule has 0 radical (unpaired) electrons. The zero-order valence-electron chi connectivity index (χ0n) is 9.84. The fourth-order valence-electron chi connectivity index (χ4n) is 0.846. The van der Waals surface area contributed by atoms with Gasteiger partial charge in [0, 0.05) is 0 Å². The highest BCUT2D eigenvalue weighted by Gasteiger charge is 1.86. The zero-order valence-corrected chi connectivity index (χ0v) is 10.7. The summed E-state index contributed by atoms with van der Waals surface area (Å²) in [7, 11) is -4.67. The van der Waals surface area contributed by atoms with Crippen molar-refractivity contribution in [2.45, 2.75) is 33.6 Å². The molecule has 0 unspecified atom stereocenters. The van der Waals surface area contributed by atoms with E-state index in [0.717, 1.165) is 12.8 Å². The molecule has 6 heteroatoms. The highest BCUT2D eigenvalue weighted by molar-refractivity contribution is 7.79. The monoisotopic (exact) mass is 252 g/mol. The number of rotatable bonds is 4. The molecule has 0 aromatic heterocycles. The third-order valence-electron chi connectivity index (χ3n) is 1.53. The Morgan fingerprint density at radius 2 is 1.56 bits per heavy atom. The fraction of sp³-hybridized carbons (Fsp3) is 0.600. The van der Waals surface area contributed by atoms with Crippen LogP contribution in [0.4, 0.5) is 0 Å². The molecule has 0 aromatic rings. The zero-order chi connectivity index (χ0) is 13.2. The van der Waals surface area contributed by atoms with Gasteiger partial charge in [-0.1, -0.05) is 23.3 Å². The van der Waals surface area contributed by atoms with E-state index in [1.165, 1.54) is 11.1 Å². The second kappa shape index (κ2) is 9.53. The first-order valence-electron chi connectivity index (χ1n) is 4.76. The lowest BCUT2D eigenvalue weighted by Crippen LogP contribution is -1.89. The van der Waals surface area contributed by atoms with Gasteiger partial charge < -0.3 is 5.11 Å². The van der Waals surface area contributed by atoms with Crippen LogP contribution in [0.15, 0.2) is 23.3 Å². The summed E-state index contributed by atoms with van der Waals surface area (Å²) in [6.45, 7) is 6.42. The van der Waals surface area contributed by atoms with Gasteiger partial charge >= 0.3 is 10.4 Å². The smallest absolute Gasteiger partial charge is 0.392 e. The van der Waals surface area contributed by atoms with Gasteiger partial charge in [0.15, 0.2) is 0 Å². The average Bonchev–Trinajstić information content (AvgIpc) is 2.00. The predicted octanol–water partition coefficient (Wildman–Crippen LogP) is 2.02. The number of hydrogen-bond donors (Lipinski definition) is 3. The van der Waals surface area contributed by atoms with E-state index in [1.54, 1.807) is 0 Å². The van der Waals surface area contributed by atoms with Gasteiger partial charge in [-0.3, -0.25) is 9.11 Å². The number of aliphatic hydroxyl groups excluding tert-OH is 1. The maximum Gasteiger partial charge on any atom is 0.394 e. The summed E-state index contributed by atoms with van der Waals surface area (Å²) < 4.78 is 31.6. The number of hydrogen-bond acceptors (Lipinski definition) is 3. The molecule has 0 aliphatic carbocycles. The minimum Gasteiger partial charge on any atom is -0.392 e. The second-order valence-electron chi connectivity index (χ2n) is 3.50. The van der Waals surface area contributed by atoms with Crippen LogP contribution in [0.1, 0.15) is 33.6 Å². The summed E-state index contributed by atoms with van der Waals surface area (Å²) >= 11 is 0. The maximum absolute atomic E-state index is 8.74. The van der Waals surface area contributed by atoms with Crippen LogP contribution < -0.4 is 0 Å². The van der Waals surface area contributed by atoms with E-state index in [1.807, 2.05) is 6.08 Å². The SMILES string of the molecule is CC(C)=CCC/C(C)=C/CO.O=S(=O)(O)O. The van der Waals surface area contributed by atoms with E-state index in [2.05, 4.69) is 26.8 Å². The molecule has 0 spiro atoms. The molecule has 0 aliphatic heterocycles. The molecule has 0 amide bonds. The van der Waals surface area contributed by atoms with Crippen molar-refractivity contribution in [1.29, 1.82) is 0 Å². The van der Waals surface area contributed by atoms with Crippen molar-refractivity contribution in [3.63, 3.8) is 0 Å². The third-order valence-corrected chi connectivity index (χ3v) is 1.53. The Hall–Kier alpha value is -0.690. The van der Waals surface area contributed by atoms with E-state index in [4.69, 9.17) is 22.6 Å². The van der Waals surface area contributed by atoms with Gasteiger partial charge in [-0.15, -0.1) is 0 Å². The van der Waals surface area contributed by atoms with Crippen LogP contribution in [0.25, 0.3) is 0 Å². The molecule has 0 atom stereocenters. The van der Waals surface area contributed by atoms with Gasteiger partial charge in [0.25, 0.3) is 0 Å².